The smallest absolute Gasteiger partial charge is 0.149 e. The lowest BCUT2D eigenvalue weighted by Crippen LogP contribution is -2.09. The van der Waals surface area contributed by atoms with E-state index in [4.69, 9.17) is 0 Å². The fourth-order valence-corrected chi connectivity index (χ4v) is 2.37. The molecule has 1 aromatic rings. The second kappa shape index (κ2) is 3.88. The number of hydrogen-bond acceptors (Lipinski definition) is 1. The molecule has 1 atom stereocenters. The highest BCUT2D eigenvalue weighted by Gasteiger charge is 2.18. The third-order valence-corrected chi connectivity index (χ3v) is 3.51. The zero-order valence-corrected chi connectivity index (χ0v) is 9.81. The van der Waals surface area contributed by atoms with E-state index in [0.717, 1.165) is 29.3 Å². The van der Waals surface area contributed by atoms with Crippen molar-refractivity contribution in [2.45, 2.75) is 6.42 Å². The Labute approximate surface area is 102 Å². The standard InChI is InChI=1S/C15H13BO/c16-15-4-3-13(8-14(15)9-17)12-2-1-10-5-11(6-10)7-12/h1-5,7-9,11H,6,16H2. The second-order valence-electron chi connectivity index (χ2n) is 4.75. The van der Waals surface area contributed by atoms with Crippen LogP contribution in [0.15, 0.2) is 48.1 Å². The molecule has 82 valence electrons. The molecular formula is C15H13BO. The molecule has 1 nitrogen and oxygen atoms in total. The summed E-state index contributed by atoms with van der Waals surface area (Å²) < 4.78 is 0. The highest BCUT2D eigenvalue weighted by Crippen LogP contribution is 2.34. The number of hydrogen-bond donors (Lipinski definition) is 0. The summed E-state index contributed by atoms with van der Waals surface area (Å²) in [6.07, 6.45) is 11.0. The van der Waals surface area contributed by atoms with Crippen molar-refractivity contribution in [3.05, 3.63) is 59.2 Å². The summed E-state index contributed by atoms with van der Waals surface area (Å²) in [6.45, 7) is 0. The number of fused-ring (bicyclic) bond motifs is 1. The monoisotopic (exact) mass is 220 g/mol. The van der Waals surface area contributed by atoms with Crippen LogP contribution in [0.5, 0.6) is 0 Å². The van der Waals surface area contributed by atoms with Gasteiger partial charge in [0.1, 0.15) is 14.1 Å². The van der Waals surface area contributed by atoms with Crippen LogP contribution in [0.4, 0.5) is 0 Å². The van der Waals surface area contributed by atoms with Crippen LogP contribution in [0.1, 0.15) is 22.3 Å². The first-order chi connectivity index (χ1) is 8.26. The van der Waals surface area contributed by atoms with E-state index in [9.17, 15) is 4.79 Å². The molecule has 0 spiro atoms. The Balaban J connectivity index is 2.02. The van der Waals surface area contributed by atoms with Crippen molar-refractivity contribution in [3.8, 4) is 0 Å². The highest BCUT2D eigenvalue weighted by molar-refractivity contribution is 6.35. The van der Waals surface area contributed by atoms with Gasteiger partial charge in [-0.15, -0.1) is 0 Å². The Morgan fingerprint density at radius 2 is 2.06 bits per heavy atom. The molecule has 0 aromatic heterocycles. The van der Waals surface area contributed by atoms with Gasteiger partial charge in [-0.25, -0.2) is 0 Å². The minimum Gasteiger partial charge on any atom is -0.298 e. The van der Waals surface area contributed by atoms with Crippen molar-refractivity contribution in [1.29, 1.82) is 0 Å². The van der Waals surface area contributed by atoms with Gasteiger partial charge in [0, 0.05) is 11.5 Å². The lowest BCUT2D eigenvalue weighted by Gasteiger charge is -2.18. The molecule has 0 saturated carbocycles. The number of rotatable bonds is 2. The van der Waals surface area contributed by atoms with E-state index >= 15 is 0 Å². The molecule has 3 aliphatic carbocycles. The zero-order valence-electron chi connectivity index (χ0n) is 9.81. The van der Waals surface area contributed by atoms with Gasteiger partial charge in [-0.3, -0.25) is 4.79 Å². The van der Waals surface area contributed by atoms with E-state index in [1.165, 1.54) is 11.1 Å². The number of carbonyl (C=O) groups excluding carboxylic acids is 1. The molecule has 0 amide bonds. The molecule has 3 aliphatic rings. The van der Waals surface area contributed by atoms with Gasteiger partial charge in [0.25, 0.3) is 0 Å². The number of benzene rings is 1. The average Bonchev–Trinajstić information content (AvgIpc) is 2.62. The molecule has 17 heavy (non-hydrogen) atoms. The van der Waals surface area contributed by atoms with E-state index in [0.29, 0.717) is 5.92 Å². The quantitative estimate of drug-likeness (QED) is 0.547. The van der Waals surface area contributed by atoms with Crippen LogP contribution in [0.3, 0.4) is 0 Å². The summed E-state index contributed by atoms with van der Waals surface area (Å²) in [4.78, 5) is 11.0. The first-order valence-electron chi connectivity index (χ1n) is 5.93. The van der Waals surface area contributed by atoms with Crippen LogP contribution >= 0.6 is 0 Å². The third kappa shape index (κ3) is 1.80. The Hall–Kier alpha value is -1.83. The normalized spacial score (nSPS) is 21.1. The van der Waals surface area contributed by atoms with E-state index in [1.54, 1.807) is 0 Å². The van der Waals surface area contributed by atoms with Gasteiger partial charge in [0.05, 0.1) is 0 Å². The van der Waals surface area contributed by atoms with E-state index < -0.39 is 0 Å². The van der Waals surface area contributed by atoms with E-state index in [1.807, 2.05) is 20.0 Å². The molecule has 1 aromatic carbocycles. The minimum atomic E-state index is 0.580. The van der Waals surface area contributed by atoms with Gasteiger partial charge in [0.2, 0.25) is 0 Å². The van der Waals surface area contributed by atoms with Crippen molar-refractivity contribution >= 4 is 25.2 Å². The van der Waals surface area contributed by atoms with Gasteiger partial charge in [-0.1, -0.05) is 47.5 Å². The molecular weight excluding hydrogens is 207 g/mol. The molecule has 0 radical (unpaired) electrons. The topological polar surface area (TPSA) is 17.1 Å². The molecule has 0 fully saturated rings. The van der Waals surface area contributed by atoms with Crippen molar-refractivity contribution in [2.75, 3.05) is 0 Å². The molecule has 2 heteroatoms. The molecule has 0 aliphatic heterocycles. The SMILES string of the molecule is Bc1ccc(C2=CC3C=C(C=C2)C3)cc1C=O. The predicted molar refractivity (Wildman–Crippen MR) is 73.3 cm³/mol. The van der Waals surface area contributed by atoms with E-state index in [-0.39, 0.29) is 0 Å². The van der Waals surface area contributed by atoms with Crippen molar-refractivity contribution in [3.63, 3.8) is 0 Å². The summed E-state index contributed by atoms with van der Waals surface area (Å²) in [5.74, 6) is 0.580. The zero-order chi connectivity index (χ0) is 11.8. The maximum absolute atomic E-state index is 11.0. The maximum Gasteiger partial charge on any atom is 0.149 e. The van der Waals surface area contributed by atoms with Crippen LogP contribution in [0.25, 0.3) is 5.57 Å². The summed E-state index contributed by atoms with van der Waals surface area (Å²) >= 11 is 0. The number of carbonyl (C=O) groups is 1. The van der Waals surface area contributed by atoms with Crippen LogP contribution in [0.2, 0.25) is 0 Å². The van der Waals surface area contributed by atoms with Crippen molar-refractivity contribution in [2.24, 2.45) is 5.92 Å². The van der Waals surface area contributed by atoms with Crippen LogP contribution < -0.4 is 5.46 Å². The molecule has 2 bridgehead atoms. The molecule has 4 rings (SSSR count). The minimum absolute atomic E-state index is 0.580. The van der Waals surface area contributed by atoms with Gasteiger partial charge >= 0.3 is 0 Å². The number of allylic oxidation sites excluding steroid dienone is 6. The maximum atomic E-state index is 11.0. The van der Waals surface area contributed by atoms with Gasteiger partial charge in [0.15, 0.2) is 0 Å². The van der Waals surface area contributed by atoms with Gasteiger partial charge in [-0.05, 0) is 23.6 Å². The fourth-order valence-electron chi connectivity index (χ4n) is 2.37. The highest BCUT2D eigenvalue weighted by atomic mass is 16.1. The number of aldehydes is 1. The predicted octanol–water partition coefficient (Wildman–Crippen LogP) is 1.66. The first kappa shape index (κ1) is 10.3. The third-order valence-electron chi connectivity index (χ3n) is 3.51. The first-order valence-corrected chi connectivity index (χ1v) is 5.93. The summed E-state index contributed by atoms with van der Waals surface area (Å²) in [5, 5.41) is 0. The lowest BCUT2D eigenvalue weighted by atomic mass is 9.86. The van der Waals surface area contributed by atoms with Crippen LogP contribution in [0, 0.1) is 5.92 Å². The molecule has 0 heterocycles. The van der Waals surface area contributed by atoms with Crippen molar-refractivity contribution in [1.82, 2.24) is 0 Å². The summed E-state index contributed by atoms with van der Waals surface area (Å²) in [5.41, 5.74) is 5.60. The Morgan fingerprint density at radius 1 is 1.24 bits per heavy atom. The van der Waals surface area contributed by atoms with Gasteiger partial charge in [-0.2, -0.15) is 0 Å². The largest absolute Gasteiger partial charge is 0.298 e. The Bertz CT molecular complexity index is 579. The molecule has 0 N–H and O–H groups in total. The second-order valence-corrected chi connectivity index (χ2v) is 4.75. The molecule has 0 saturated heterocycles. The van der Waals surface area contributed by atoms with Crippen molar-refractivity contribution < 1.29 is 4.79 Å². The lowest BCUT2D eigenvalue weighted by molar-refractivity contribution is 0.112. The average molecular weight is 220 g/mol. The van der Waals surface area contributed by atoms with Crippen LogP contribution in [-0.4, -0.2) is 14.1 Å². The molecule has 1 unspecified atom stereocenters. The Morgan fingerprint density at radius 3 is 2.82 bits per heavy atom. The Kier molecular flexibility index (Phi) is 2.36. The van der Waals surface area contributed by atoms with E-state index in [2.05, 4.69) is 30.4 Å². The summed E-state index contributed by atoms with van der Waals surface area (Å²) in [7, 11) is 1.96. The van der Waals surface area contributed by atoms with Crippen LogP contribution in [-0.2, 0) is 0 Å². The van der Waals surface area contributed by atoms with Gasteiger partial charge < -0.3 is 0 Å². The fraction of sp³-hybridized carbons (Fsp3) is 0.133. The summed E-state index contributed by atoms with van der Waals surface area (Å²) in [6, 6.07) is 6.08.